The lowest BCUT2D eigenvalue weighted by molar-refractivity contribution is 0.753. The van der Waals surface area contributed by atoms with Gasteiger partial charge in [0.05, 0.1) is 0 Å². The van der Waals surface area contributed by atoms with E-state index in [9.17, 15) is 0 Å². The van der Waals surface area contributed by atoms with Gasteiger partial charge in [-0.1, -0.05) is 24.1 Å². The molecule has 0 saturated carbocycles. The van der Waals surface area contributed by atoms with Gasteiger partial charge in [0, 0.05) is 0 Å². The molecule has 1 atom stereocenters. The van der Waals surface area contributed by atoms with Crippen molar-refractivity contribution in [2.45, 2.75) is 40.5 Å². The van der Waals surface area contributed by atoms with Gasteiger partial charge in [-0.15, -0.1) is 6.58 Å². The van der Waals surface area contributed by atoms with Crippen molar-refractivity contribution in [3.63, 3.8) is 0 Å². The molecule has 0 amide bonds. The second kappa shape index (κ2) is 3.95. The molecule has 0 spiro atoms. The van der Waals surface area contributed by atoms with Gasteiger partial charge in [-0.05, 0) is 50.7 Å². The summed E-state index contributed by atoms with van der Waals surface area (Å²) in [6.45, 7) is 12.8. The van der Waals surface area contributed by atoms with Crippen molar-refractivity contribution in [2.24, 2.45) is 5.92 Å². The second-order valence-electron chi connectivity index (χ2n) is 4.01. The predicted octanol–water partition coefficient (Wildman–Crippen LogP) is 4.26. The van der Waals surface area contributed by atoms with Gasteiger partial charge in [-0.3, -0.25) is 0 Å². The Labute approximate surface area is 82.0 Å². The summed E-state index contributed by atoms with van der Waals surface area (Å²) in [6, 6.07) is 0. The van der Waals surface area contributed by atoms with Gasteiger partial charge in [-0.2, -0.15) is 0 Å². The van der Waals surface area contributed by atoms with E-state index < -0.39 is 0 Å². The monoisotopic (exact) mass is 176 g/mol. The van der Waals surface area contributed by atoms with Crippen LogP contribution in [0, 0.1) is 5.92 Å². The van der Waals surface area contributed by atoms with Gasteiger partial charge >= 0.3 is 0 Å². The third-order valence-corrected chi connectivity index (χ3v) is 3.43. The number of hydrogen-bond donors (Lipinski definition) is 0. The van der Waals surface area contributed by atoms with Crippen LogP contribution in [-0.2, 0) is 0 Å². The van der Waals surface area contributed by atoms with Crippen molar-refractivity contribution in [3.05, 3.63) is 34.9 Å². The molecule has 0 aromatic rings. The lowest BCUT2D eigenvalue weighted by Crippen LogP contribution is -1.96. The Kier molecular flexibility index (Phi) is 3.13. The lowest BCUT2D eigenvalue weighted by atomic mass is 9.94. The van der Waals surface area contributed by atoms with Crippen molar-refractivity contribution in [2.75, 3.05) is 0 Å². The van der Waals surface area contributed by atoms with Gasteiger partial charge in [0.15, 0.2) is 0 Å². The van der Waals surface area contributed by atoms with Crippen molar-refractivity contribution in [1.82, 2.24) is 0 Å². The Balaban J connectivity index is 2.83. The summed E-state index contributed by atoms with van der Waals surface area (Å²) in [6.07, 6.45) is 4.30. The highest BCUT2D eigenvalue weighted by molar-refractivity contribution is 5.46. The van der Waals surface area contributed by atoms with E-state index in [0.717, 1.165) is 6.42 Å². The van der Waals surface area contributed by atoms with E-state index in [0.29, 0.717) is 5.92 Å². The molecule has 1 aliphatic carbocycles. The molecule has 0 heteroatoms. The van der Waals surface area contributed by atoms with E-state index in [2.05, 4.69) is 34.3 Å². The number of allylic oxidation sites excluding steroid dienone is 5. The van der Waals surface area contributed by atoms with Crippen molar-refractivity contribution in [1.29, 1.82) is 0 Å². The van der Waals surface area contributed by atoms with Gasteiger partial charge in [0.1, 0.15) is 0 Å². The van der Waals surface area contributed by atoms with Gasteiger partial charge in [0.2, 0.25) is 0 Å². The van der Waals surface area contributed by atoms with Crippen LogP contribution in [0.25, 0.3) is 0 Å². The molecule has 1 aliphatic rings. The van der Waals surface area contributed by atoms with Gasteiger partial charge in [-0.25, -0.2) is 0 Å². The topological polar surface area (TPSA) is 0 Å². The maximum absolute atomic E-state index is 3.77. The fourth-order valence-electron chi connectivity index (χ4n) is 2.11. The predicted molar refractivity (Wildman–Crippen MR) is 59.7 cm³/mol. The molecule has 0 heterocycles. The summed E-state index contributed by atoms with van der Waals surface area (Å²) in [5.74, 6) is 0.667. The summed E-state index contributed by atoms with van der Waals surface area (Å²) in [4.78, 5) is 0. The highest BCUT2D eigenvalue weighted by Crippen LogP contribution is 2.38. The average Bonchev–Trinajstić information content (AvgIpc) is 2.30. The van der Waals surface area contributed by atoms with Crippen molar-refractivity contribution in [3.8, 4) is 0 Å². The summed E-state index contributed by atoms with van der Waals surface area (Å²) in [5.41, 5.74) is 6.20. The highest BCUT2D eigenvalue weighted by Gasteiger charge is 2.22. The van der Waals surface area contributed by atoms with E-state index >= 15 is 0 Å². The molecule has 0 aliphatic heterocycles. The maximum Gasteiger partial charge on any atom is -0.00125 e. The highest BCUT2D eigenvalue weighted by atomic mass is 14.3. The SMILES string of the molecule is C=CCCC1=C(C)C(C)=C(C)C1C. The molecule has 1 unspecified atom stereocenters. The lowest BCUT2D eigenvalue weighted by Gasteiger charge is -2.11. The van der Waals surface area contributed by atoms with Crippen LogP contribution in [0.5, 0.6) is 0 Å². The molecule has 0 radical (unpaired) electrons. The fourth-order valence-corrected chi connectivity index (χ4v) is 2.11. The average molecular weight is 176 g/mol. The molecular weight excluding hydrogens is 156 g/mol. The van der Waals surface area contributed by atoms with E-state index in [-0.39, 0.29) is 0 Å². The van der Waals surface area contributed by atoms with Crippen LogP contribution in [-0.4, -0.2) is 0 Å². The fraction of sp³-hybridized carbons (Fsp3) is 0.538. The smallest absolute Gasteiger partial charge is 0.00125 e. The molecule has 0 N–H and O–H groups in total. The zero-order chi connectivity index (χ0) is 10.0. The maximum atomic E-state index is 3.77. The molecule has 0 fully saturated rings. The van der Waals surface area contributed by atoms with E-state index in [1.165, 1.54) is 17.6 Å². The van der Waals surface area contributed by atoms with Crippen LogP contribution < -0.4 is 0 Å². The van der Waals surface area contributed by atoms with Crippen LogP contribution >= 0.6 is 0 Å². The molecule has 13 heavy (non-hydrogen) atoms. The van der Waals surface area contributed by atoms with Crippen LogP contribution in [0.2, 0.25) is 0 Å². The first-order chi connectivity index (χ1) is 6.09. The zero-order valence-electron chi connectivity index (χ0n) is 9.28. The van der Waals surface area contributed by atoms with Gasteiger partial charge < -0.3 is 0 Å². The summed E-state index contributed by atoms with van der Waals surface area (Å²) in [5, 5.41) is 0. The third kappa shape index (κ3) is 1.77. The molecular formula is C13H20. The standard InChI is InChI=1S/C13H20/c1-6-7-8-13-11(4)9(2)10(3)12(13)5/h6,11H,1,7-8H2,2-5H3. The summed E-state index contributed by atoms with van der Waals surface area (Å²) in [7, 11) is 0. The first kappa shape index (κ1) is 10.3. The second-order valence-corrected chi connectivity index (χ2v) is 4.01. The largest absolute Gasteiger partial charge is 0.103 e. The van der Waals surface area contributed by atoms with Crippen LogP contribution in [0.15, 0.2) is 34.9 Å². The van der Waals surface area contributed by atoms with Crippen LogP contribution in [0.1, 0.15) is 40.5 Å². The van der Waals surface area contributed by atoms with Crippen molar-refractivity contribution < 1.29 is 0 Å². The quantitative estimate of drug-likeness (QED) is 0.564. The first-order valence-electron chi connectivity index (χ1n) is 5.07. The minimum absolute atomic E-state index is 0.667. The third-order valence-electron chi connectivity index (χ3n) is 3.43. The Bertz CT molecular complexity index is 276. The summed E-state index contributed by atoms with van der Waals surface area (Å²) < 4.78 is 0. The zero-order valence-corrected chi connectivity index (χ0v) is 9.28. The first-order valence-corrected chi connectivity index (χ1v) is 5.07. The Morgan fingerprint density at radius 3 is 2.23 bits per heavy atom. The van der Waals surface area contributed by atoms with E-state index in [1.807, 2.05) is 6.08 Å². The van der Waals surface area contributed by atoms with E-state index in [4.69, 9.17) is 0 Å². The number of hydrogen-bond acceptors (Lipinski definition) is 0. The van der Waals surface area contributed by atoms with Crippen LogP contribution in [0.4, 0.5) is 0 Å². The molecule has 0 aromatic heterocycles. The minimum Gasteiger partial charge on any atom is -0.103 e. The molecule has 0 bridgehead atoms. The summed E-state index contributed by atoms with van der Waals surface area (Å²) >= 11 is 0. The Morgan fingerprint density at radius 1 is 1.23 bits per heavy atom. The Morgan fingerprint density at radius 2 is 1.85 bits per heavy atom. The molecule has 0 saturated heterocycles. The minimum atomic E-state index is 0.667. The number of rotatable bonds is 3. The van der Waals surface area contributed by atoms with Crippen LogP contribution in [0.3, 0.4) is 0 Å². The molecule has 0 nitrogen and oxygen atoms in total. The van der Waals surface area contributed by atoms with Crippen molar-refractivity contribution >= 4 is 0 Å². The normalized spacial score (nSPS) is 22.9. The van der Waals surface area contributed by atoms with Gasteiger partial charge in [0.25, 0.3) is 0 Å². The molecule has 1 rings (SSSR count). The molecule has 72 valence electrons. The Hall–Kier alpha value is -0.780. The molecule has 0 aromatic carbocycles. The van der Waals surface area contributed by atoms with E-state index in [1.54, 1.807) is 11.1 Å².